The van der Waals surface area contributed by atoms with Crippen LogP contribution in [0.4, 0.5) is 5.69 Å². The molecule has 20 heavy (non-hydrogen) atoms. The van der Waals surface area contributed by atoms with E-state index in [1.165, 1.54) is 24.8 Å². The second-order valence-corrected chi connectivity index (χ2v) is 6.38. The van der Waals surface area contributed by atoms with Crippen molar-refractivity contribution in [3.05, 3.63) is 29.8 Å². The van der Waals surface area contributed by atoms with Crippen LogP contribution in [0.25, 0.3) is 0 Å². The smallest absolute Gasteiger partial charge is 0.232 e. The maximum absolute atomic E-state index is 13.1. The van der Waals surface area contributed by atoms with E-state index in [0.717, 1.165) is 38.2 Å². The topological polar surface area (TPSA) is 32.3 Å². The van der Waals surface area contributed by atoms with Gasteiger partial charge in [-0.1, -0.05) is 44.4 Å². The first-order chi connectivity index (χ1) is 9.71. The second-order valence-electron chi connectivity index (χ2n) is 6.38. The summed E-state index contributed by atoms with van der Waals surface area (Å²) in [5.74, 6) is 0.327. The summed E-state index contributed by atoms with van der Waals surface area (Å²) >= 11 is 0. The minimum Gasteiger partial charge on any atom is -0.311 e. The Morgan fingerprint density at radius 1 is 1.20 bits per heavy atom. The van der Waals surface area contributed by atoms with Crippen LogP contribution in [0.3, 0.4) is 0 Å². The highest BCUT2D eigenvalue weighted by Gasteiger charge is 2.38. The van der Waals surface area contributed by atoms with Crippen molar-refractivity contribution in [3.8, 4) is 0 Å². The molecule has 0 radical (unpaired) electrons. The van der Waals surface area contributed by atoms with Crippen LogP contribution in [0.2, 0.25) is 0 Å². The minimum absolute atomic E-state index is 0.157. The van der Waals surface area contributed by atoms with Gasteiger partial charge in [-0.15, -0.1) is 0 Å². The number of nitrogens with zero attached hydrogens (tertiary/aromatic N) is 1. The van der Waals surface area contributed by atoms with Gasteiger partial charge in [0, 0.05) is 30.7 Å². The first-order valence-corrected chi connectivity index (χ1v) is 7.81. The van der Waals surface area contributed by atoms with Gasteiger partial charge in [-0.3, -0.25) is 4.79 Å². The van der Waals surface area contributed by atoms with E-state index in [0.29, 0.717) is 5.91 Å². The maximum Gasteiger partial charge on any atom is 0.232 e. The summed E-state index contributed by atoms with van der Waals surface area (Å²) in [5.41, 5.74) is 2.18. The molecule has 1 amide bonds. The molecule has 0 aromatic heterocycles. The maximum atomic E-state index is 13.1. The van der Waals surface area contributed by atoms with Crippen LogP contribution in [0.1, 0.15) is 44.6 Å². The van der Waals surface area contributed by atoms with Crippen LogP contribution >= 0.6 is 0 Å². The van der Waals surface area contributed by atoms with E-state index in [9.17, 15) is 4.79 Å². The molecule has 1 saturated carbocycles. The molecule has 1 aromatic rings. The van der Waals surface area contributed by atoms with Gasteiger partial charge in [0.05, 0.1) is 0 Å². The highest BCUT2D eigenvalue weighted by atomic mass is 16.2. The first kappa shape index (κ1) is 13.6. The molecule has 3 rings (SSSR count). The zero-order valence-corrected chi connectivity index (χ0v) is 12.3. The predicted octanol–water partition coefficient (Wildman–Crippen LogP) is 3.09. The van der Waals surface area contributed by atoms with Gasteiger partial charge in [-0.25, -0.2) is 0 Å². The van der Waals surface area contributed by atoms with E-state index in [4.69, 9.17) is 0 Å². The molecule has 0 spiro atoms. The molecule has 3 heteroatoms. The van der Waals surface area contributed by atoms with Crippen molar-refractivity contribution in [2.45, 2.75) is 45.6 Å². The van der Waals surface area contributed by atoms with Crippen molar-refractivity contribution in [3.63, 3.8) is 0 Å². The Labute approximate surface area is 121 Å². The predicted molar refractivity (Wildman–Crippen MR) is 81.7 cm³/mol. The van der Waals surface area contributed by atoms with Gasteiger partial charge >= 0.3 is 0 Å². The van der Waals surface area contributed by atoms with E-state index in [-0.39, 0.29) is 5.41 Å². The molecule has 1 aromatic carbocycles. The largest absolute Gasteiger partial charge is 0.311 e. The van der Waals surface area contributed by atoms with Crippen molar-refractivity contribution in [1.82, 2.24) is 5.32 Å². The lowest BCUT2D eigenvalue weighted by molar-refractivity contribution is -0.129. The highest BCUT2D eigenvalue weighted by molar-refractivity contribution is 5.98. The number of hydrogen-bond donors (Lipinski definition) is 1. The molecule has 108 valence electrons. The van der Waals surface area contributed by atoms with Crippen LogP contribution in [0.5, 0.6) is 0 Å². The normalized spacial score (nSPS) is 21.9. The average molecular weight is 272 g/mol. The van der Waals surface area contributed by atoms with Crippen molar-refractivity contribution in [2.24, 2.45) is 5.41 Å². The monoisotopic (exact) mass is 272 g/mol. The number of fused-ring (bicyclic) bond motifs is 1. The third-order valence-corrected chi connectivity index (χ3v) is 4.83. The fourth-order valence-corrected chi connectivity index (χ4v) is 3.54. The molecule has 0 bridgehead atoms. The standard InChI is InChI=1S/C17H24N2O/c1-17(9-5-2-6-10-17)16(20)19-12-11-18-13-14-7-3-4-8-15(14)19/h3-4,7-8,18H,2,5-6,9-13H2,1H3. The number of carbonyl (C=O) groups excluding carboxylic acids is 1. The number of hydrogen-bond acceptors (Lipinski definition) is 2. The van der Waals surface area contributed by atoms with E-state index >= 15 is 0 Å². The fraction of sp³-hybridized carbons (Fsp3) is 0.588. The highest BCUT2D eigenvalue weighted by Crippen LogP contribution is 2.39. The first-order valence-electron chi connectivity index (χ1n) is 7.81. The summed E-state index contributed by atoms with van der Waals surface area (Å²) in [5, 5.41) is 3.41. The molecule has 3 nitrogen and oxygen atoms in total. The zero-order valence-electron chi connectivity index (χ0n) is 12.3. The van der Waals surface area contributed by atoms with Crippen molar-refractivity contribution in [1.29, 1.82) is 0 Å². The summed E-state index contributed by atoms with van der Waals surface area (Å²) in [6.07, 6.45) is 5.74. The Morgan fingerprint density at radius 2 is 1.95 bits per heavy atom. The molecule has 0 unspecified atom stereocenters. The van der Waals surface area contributed by atoms with Crippen molar-refractivity contribution < 1.29 is 4.79 Å². The van der Waals surface area contributed by atoms with Gasteiger partial charge in [-0.2, -0.15) is 0 Å². The Bertz CT molecular complexity index is 492. The van der Waals surface area contributed by atoms with E-state index in [1.54, 1.807) is 0 Å². The number of carbonyl (C=O) groups is 1. The third kappa shape index (κ3) is 2.47. The SMILES string of the molecule is CC1(C(=O)N2CCNCc3ccccc32)CCCCC1. The van der Waals surface area contributed by atoms with Crippen LogP contribution in [0, 0.1) is 5.41 Å². The van der Waals surface area contributed by atoms with Crippen LogP contribution in [0.15, 0.2) is 24.3 Å². The van der Waals surface area contributed by atoms with Crippen LogP contribution in [-0.2, 0) is 11.3 Å². The molecule has 1 fully saturated rings. The number of para-hydroxylation sites is 1. The average Bonchev–Trinajstić information content (AvgIpc) is 2.69. The number of amides is 1. The summed E-state index contributed by atoms with van der Waals surface area (Å²) in [6, 6.07) is 8.30. The third-order valence-electron chi connectivity index (χ3n) is 4.83. The van der Waals surface area contributed by atoms with Gasteiger partial charge in [0.2, 0.25) is 5.91 Å². The zero-order chi connectivity index (χ0) is 14.0. The van der Waals surface area contributed by atoms with E-state index in [1.807, 2.05) is 11.0 Å². The number of rotatable bonds is 1. The van der Waals surface area contributed by atoms with Gasteiger partial charge in [0.25, 0.3) is 0 Å². The Morgan fingerprint density at radius 3 is 2.75 bits per heavy atom. The summed E-state index contributed by atoms with van der Waals surface area (Å²) < 4.78 is 0. The summed E-state index contributed by atoms with van der Waals surface area (Å²) in [7, 11) is 0. The molecule has 1 aliphatic heterocycles. The van der Waals surface area contributed by atoms with Crippen LogP contribution in [-0.4, -0.2) is 19.0 Å². The van der Waals surface area contributed by atoms with Crippen molar-refractivity contribution >= 4 is 11.6 Å². The lowest BCUT2D eigenvalue weighted by Crippen LogP contribution is -2.45. The fourth-order valence-electron chi connectivity index (χ4n) is 3.54. The molecule has 0 atom stereocenters. The Kier molecular flexibility index (Phi) is 3.79. The number of nitrogens with one attached hydrogen (secondary N) is 1. The number of anilines is 1. The molecule has 0 saturated heterocycles. The Balaban J connectivity index is 1.91. The van der Waals surface area contributed by atoms with Crippen molar-refractivity contribution in [2.75, 3.05) is 18.0 Å². The van der Waals surface area contributed by atoms with Crippen LogP contribution < -0.4 is 10.2 Å². The molecule has 1 heterocycles. The van der Waals surface area contributed by atoms with E-state index in [2.05, 4.69) is 30.4 Å². The lowest BCUT2D eigenvalue weighted by atomic mass is 9.74. The molecule has 1 aliphatic carbocycles. The molecule has 2 aliphatic rings. The van der Waals surface area contributed by atoms with Gasteiger partial charge in [-0.05, 0) is 24.5 Å². The molecule has 1 N–H and O–H groups in total. The quantitative estimate of drug-likeness (QED) is 0.852. The lowest BCUT2D eigenvalue weighted by Gasteiger charge is -2.37. The summed E-state index contributed by atoms with van der Waals surface area (Å²) in [6.45, 7) is 4.67. The summed E-state index contributed by atoms with van der Waals surface area (Å²) in [4.78, 5) is 15.1. The van der Waals surface area contributed by atoms with Gasteiger partial charge < -0.3 is 10.2 Å². The van der Waals surface area contributed by atoms with Gasteiger partial charge in [0.15, 0.2) is 0 Å². The number of benzene rings is 1. The van der Waals surface area contributed by atoms with Gasteiger partial charge in [0.1, 0.15) is 0 Å². The van der Waals surface area contributed by atoms with E-state index < -0.39 is 0 Å². The second kappa shape index (κ2) is 5.57. The minimum atomic E-state index is -0.157. The molecular weight excluding hydrogens is 248 g/mol. The Hall–Kier alpha value is -1.35. The molecular formula is C17H24N2O.